The maximum Gasteiger partial charge on any atom is 0.296 e. The van der Waals surface area contributed by atoms with Gasteiger partial charge in [0.2, 0.25) is 0 Å². The molecule has 36 heavy (non-hydrogen) atoms. The van der Waals surface area contributed by atoms with Crippen LogP contribution in [0.1, 0.15) is 45.6 Å². The molecule has 1 aliphatic rings. The van der Waals surface area contributed by atoms with E-state index >= 15 is 0 Å². The number of anilines is 1. The molecule has 1 heterocycles. The third-order valence-corrected chi connectivity index (χ3v) is 9.11. The monoisotopic (exact) mass is 525 g/mol. The van der Waals surface area contributed by atoms with E-state index in [1.807, 2.05) is 69.3 Å². The minimum atomic E-state index is -3.80. The molecule has 1 amide bonds. The van der Waals surface area contributed by atoms with Crippen molar-refractivity contribution >= 4 is 33.5 Å². The number of hydrogen-bond donors (Lipinski definition) is 1. The standard InChI is InChI=1S/C28H31NO5S2/c1-19-9-13-22(14-10-19)28(31)29-21(3)26(30)27(24-7-4-5-8-25(24)29)35-18-6-17-34-36(32,33)23-15-11-20(2)12-16-23/h4-5,7-16,21,26-27,30H,6,17-18H2,1-3H3/t21-,26-,27-/m0/s1. The number of rotatable bonds is 8. The number of amides is 1. The Kier molecular flexibility index (Phi) is 8.20. The molecule has 3 aromatic carbocycles. The molecular formula is C28H31NO5S2. The maximum absolute atomic E-state index is 13.4. The number of aliphatic hydroxyl groups is 1. The van der Waals surface area contributed by atoms with Crippen molar-refractivity contribution in [1.82, 2.24) is 0 Å². The van der Waals surface area contributed by atoms with Crippen LogP contribution in [0.25, 0.3) is 0 Å². The van der Waals surface area contributed by atoms with Crippen LogP contribution >= 0.6 is 11.8 Å². The van der Waals surface area contributed by atoms with Crippen molar-refractivity contribution in [2.75, 3.05) is 17.3 Å². The molecule has 0 saturated carbocycles. The van der Waals surface area contributed by atoms with Crippen LogP contribution in [0, 0.1) is 13.8 Å². The third-order valence-electron chi connectivity index (χ3n) is 6.37. The summed E-state index contributed by atoms with van der Waals surface area (Å²) in [4.78, 5) is 15.2. The molecule has 0 fully saturated rings. The number of para-hydroxylation sites is 1. The summed E-state index contributed by atoms with van der Waals surface area (Å²) in [7, 11) is -3.80. The highest BCUT2D eigenvalue weighted by molar-refractivity contribution is 7.99. The molecule has 0 radical (unpaired) electrons. The summed E-state index contributed by atoms with van der Waals surface area (Å²) in [6.45, 7) is 5.78. The maximum atomic E-state index is 13.4. The van der Waals surface area contributed by atoms with Gasteiger partial charge in [-0.3, -0.25) is 8.98 Å². The summed E-state index contributed by atoms with van der Waals surface area (Å²) >= 11 is 1.55. The van der Waals surface area contributed by atoms with E-state index in [-0.39, 0.29) is 22.7 Å². The number of aliphatic hydroxyl groups excluding tert-OH is 1. The van der Waals surface area contributed by atoms with Gasteiger partial charge in [-0.2, -0.15) is 20.2 Å². The van der Waals surface area contributed by atoms with E-state index in [9.17, 15) is 18.3 Å². The fraction of sp³-hybridized carbons (Fsp3) is 0.321. The lowest BCUT2D eigenvalue weighted by molar-refractivity contribution is 0.0902. The van der Waals surface area contributed by atoms with Crippen LogP contribution in [0.3, 0.4) is 0 Å². The normalized spacial score (nSPS) is 19.7. The first-order valence-electron chi connectivity index (χ1n) is 11.9. The fourth-order valence-electron chi connectivity index (χ4n) is 4.29. The molecule has 0 unspecified atom stereocenters. The van der Waals surface area contributed by atoms with Gasteiger partial charge in [0.05, 0.1) is 28.9 Å². The quantitative estimate of drug-likeness (QED) is 0.318. The van der Waals surface area contributed by atoms with Gasteiger partial charge in [-0.1, -0.05) is 53.6 Å². The van der Waals surface area contributed by atoms with Gasteiger partial charge >= 0.3 is 0 Å². The minimum absolute atomic E-state index is 0.0568. The molecule has 4 rings (SSSR count). The Morgan fingerprint density at radius 3 is 2.25 bits per heavy atom. The molecule has 0 aromatic heterocycles. The highest BCUT2D eigenvalue weighted by Gasteiger charge is 2.40. The summed E-state index contributed by atoms with van der Waals surface area (Å²) < 4.78 is 30.0. The smallest absolute Gasteiger partial charge is 0.296 e. The molecule has 0 bridgehead atoms. The zero-order valence-electron chi connectivity index (χ0n) is 20.6. The summed E-state index contributed by atoms with van der Waals surface area (Å²) in [5.74, 6) is 0.449. The van der Waals surface area contributed by atoms with Gasteiger partial charge < -0.3 is 10.0 Å². The number of aryl methyl sites for hydroxylation is 2. The predicted molar refractivity (Wildman–Crippen MR) is 144 cm³/mol. The highest BCUT2D eigenvalue weighted by Crippen LogP contribution is 2.45. The zero-order chi connectivity index (χ0) is 25.9. The number of nitrogens with zero attached hydrogens (tertiary/aromatic N) is 1. The van der Waals surface area contributed by atoms with E-state index in [0.717, 1.165) is 22.4 Å². The number of benzene rings is 3. The lowest BCUT2D eigenvalue weighted by atomic mass is 9.92. The second-order valence-electron chi connectivity index (χ2n) is 9.07. The Hall–Kier alpha value is -2.65. The summed E-state index contributed by atoms with van der Waals surface area (Å²) in [6.07, 6.45) is -0.279. The van der Waals surface area contributed by atoms with Gasteiger partial charge in [0.25, 0.3) is 16.0 Å². The Morgan fingerprint density at radius 2 is 1.58 bits per heavy atom. The van der Waals surface area contributed by atoms with Crippen LogP contribution in [-0.2, 0) is 14.3 Å². The first-order valence-corrected chi connectivity index (χ1v) is 14.4. The van der Waals surface area contributed by atoms with Crippen molar-refractivity contribution in [2.45, 2.75) is 49.5 Å². The van der Waals surface area contributed by atoms with Crippen molar-refractivity contribution in [3.05, 3.63) is 95.1 Å². The second kappa shape index (κ2) is 11.2. The van der Waals surface area contributed by atoms with Gasteiger partial charge in [-0.15, -0.1) is 0 Å². The van der Waals surface area contributed by atoms with E-state index < -0.39 is 22.3 Å². The average molecular weight is 526 g/mol. The predicted octanol–water partition coefficient (Wildman–Crippen LogP) is 5.28. The largest absolute Gasteiger partial charge is 0.389 e. The van der Waals surface area contributed by atoms with E-state index in [0.29, 0.717) is 17.7 Å². The van der Waals surface area contributed by atoms with Crippen LogP contribution in [0.2, 0.25) is 0 Å². The van der Waals surface area contributed by atoms with E-state index in [2.05, 4.69) is 0 Å². The number of carbonyl (C=O) groups is 1. The first kappa shape index (κ1) is 26.4. The molecule has 1 aliphatic heterocycles. The van der Waals surface area contributed by atoms with E-state index in [1.165, 1.54) is 0 Å². The third kappa shape index (κ3) is 5.67. The molecular weight excluding hydrogens is 494 g/mol. The molecule has 3 aromatic rings. The Morgan fingerprint density at radius 1 is 0.972 bits per heavy atom. The van der Waals surface area contributed by atoms with Crippen LogP contribution in [0.5, 0.6) is 0 Å². The van der Waals surface area contributed by atoms with Gasteiger partial charge in [-0.05, 0) is 68.8 Å². The molecule has 0 aliphatic carbocycles. The Balaban J connectivity index is 1.42. The molecule has 0 saturated heterocycles. The van der Waals surface area contributed by atoms with Crippen LogP contribution in [0.15, 0.2) is 77.7 Å². The molecule has 1 N–H and O–H groups in total. The summed E-state index contributed by atoms with van der Waals surface area (Å²) in [5.41, 5.74) is 4.31. The first-order chi connectivity index (χ1) is 17.2. The van der Waals surface area contributed by atoms with E-state index in [1.54, 1.807) is 40.9 Å². The number of fused-ring (bicyclic) bond motifs is 1. The Labute approximate surface area is 217 Å². The van der Waals surface area contributed by atoms with Crippen molar-refractivity contribution in [2.24, 2.45) is 0 Å². The van der Waals surface area contributed by atoms with Crippen LogP contribution < -0.4 is 4.90 Å². The van der Waals surface area contributed by atoms with Crippen molar-refractivity contribution < 1.29 is 22.5 Å². The zero-order valence-corrected chi connectivity index (χ0v) is 22.3. The average Bonchev–Trinajstić information content (AvgIpc) is 2.86. The Bertz CT molecular complexity index is 1310. The van der Waals surface area contributed by atoms with Crippen molar-refractivity contribution in [1.29, 1.82) is 0 Å². The lowest BCUT2D eigenvalue weighted by Gasteiger charge is -2.42. The van der Waals surface area contributed by atoms with Gasteiger partial charge in [0.1, 0.15) is 0 Å². The minimum Gasteiger partial charge on any atom is -0.389 e. The summed E-state index contributed by atoms with van der Waals surface area (Å²) in [6, 6.07) is 21.2. The highest BCUT2D eigenvalue weighted by atomic mass is 32.2. The number of hydrogen-bond acceptors (Lipinski definition) is 6. The molecule has 3 atom stereocenters. The van der Waals surface area contributed by atoms with Crippen LogP contribution in [0.4, 0.5) is 5.69 Å². The summed E-state index contributed by atoms with van der Waals surface area (Å²) in [5, 5.41) is 11.0. The molecule has 8 heteroatoms. The molecule has 0 spiro atoms. The van der Waals surface area contributed by atoms with Crippen molar-refractivity contribution in [3.63, 3.8) is 0 Å². The fourth-order valence-corrected chi connectivity index (χ4v) is 6.57. The topological polar surface area (TPSA) is 83.9 Å². The van der Waals surface area contributed by atoms with Gasteiger partial charge in [0, 0.05) is 11.3 Å². The molecule has 6 nitrogen and oxygen atoms in total. The number of carbonyl (C=O) groups excluding carboxylic acids is 1. The van der Waals surface area contributed by atoms with Crippen LogP contribution in [-0.4, -0.2) is 43.9 Å². The van der Waals surface area contributed by atoms with Gasteiger partial charge in [-0.25, -0.2) is 0 Å². The van der Waals surface area contributed by atoms with E-state index in [4.69, 9.17) is 4.18 Å². The molecule has 190 valence electrons. The number of thioether (sulfide) groups is 1. The lowest BCUT2D eigenvalue weighted by Crippen LogP contribution is -2.51. The SMILES string of the molecule is Cc1ccc(C(=O)N2c3ccccc3[C@H](SCCCOS(=O)(=O)c3ccc(C)cc3)[C@@H](O)[C@@H]2C)cc1. The second-order valence-corrected chi connectivity index (χ2v) is 11.9. The van der Waals surface area contributed by atoms with Gasteiger partial charge in [0.15, 0.2) is 0 Å². The van der Waals surface area contributed by atoms with Crippen molar-refractivity contribution in [3.8, 4) is 0 Å².